The molecule has 0 aliphatic heterocycles. The summed E-state index contributed by atoms with van der Waals surface area (Å²) in [6, 6.07) is 10.5. The van der Waals surface area contributed by atoms with Gasteiger partial charge in [-0.2, -0.15) is 0 Å². The van der Waals surface area contributed by atoms with Crippen molar-refractivity contribution in [2.45, 2.75) is 31.6 Å². The zero-order valence-electron chi connectivity index (χ0n) is 16.0. The van der Waals surface area contributed by atoms with Crippen LogP contribution in [0.15, 0.2) is 47.4 Å². The first-order chi connectivity index (χ1) is 13.1. The van der Waals surface area contributed by atoms with Crippen molar-refractivity contribution < 1.29 is 18.0 Å². The summed E-state index contributed by atoms with van der Waals surface area (Å²) in [5.74, 6) is -0.682. The Morgan fingerprint density at radius 3 is 2.43 bits per heavy atom. The molecule has 0 aliphatic carbocycles. The number of halogens is 1. The molecule has 28 heavy (non-hydrogen) atoms. The van der Waals surface area contributed by atoms with Gasteiger partial charge in [0.25, 0.3) is 5.91 Å². The molecule has 0 heterocycles. The summed E-state index contributed by atoms with van der Waals surface area (Å²) in [6.07, 6.45) is 2.79. The van der Waals surface area contributed by atoms with Crippen molar-refractivity contribution in [3.05, 3.63) is 53.1 Å². The standard InChI is InChI=1S/C20H23ClN2O4S/c1-4-6-13(2)19(24)22-15-9-10-18(17(21)12-15)23-20(25)14-7-5-8-16(11-14)28(3,26)27/h5,7-13H,4,6H2,1-3H3,(H,22,24)(H,23,25). The molecule has 1 atom stereocenters. The zero-order chi connectivity index (χ0) is 20.9. The third-order valence-corrected chi connectivity index (χ3v) is 5.60. The van der Waals surface area contributed by atoms with Gasteiger partial charge in [-0.15, -0.1) is 0 Å². The Balaban J connectivity index is 2.13. The Kier molecular flexibility index (Phi) is 7.21. The maximum absolute atomic E-state index is 12.4. The summed E-state index contributed by atoms with van der Waals surface area (Å²) in [7, 11) is -3.41. The summed E-state index contributed by atoms with van der Waals surface area (Å²) < 4.78 is 23.3. The van der Waals surface area contributed by atoms with Gasteiger partial charge in [0.15, 0.2) is 9.84 Å². The number of carbonyl (C=O) groups excluding carboxylic acids is 2. The minimum Gasteiger partial charge on any atom is -0.326 e. The Labute approximate surface area is 170 Å². The second-order valence-electron chi connectivity index (χ2n) is 6.63. The molecule has 6 nitrogen and oxygen atoms in total. The van der Waals surface area contributed by atoms with Crippen LogP contribution in [0.4, 0.5) is 11.4 Å². The molecule has 2 aromatic carbocycles. The molecule has 0 aromatic heterocycles. The van der Waals surface area contributed by atoms with Crippen molar-refractivity contribution in [3.63, 3.8) is 0 Å². The highest BCUT2D eigenvalue weighted by Crippen LogP contribution is 2.27. The minimum atomic E-state index is -3.41. The lowest BCUT2D eigenvalue weighted by Crippen LogP contribution is -2.20. The highest BCUT2D eigenvalue weighted by atomic mass is 35.5. The van der Waals surface area contributed by atoms with Gasteiger partial charge in [0.2, 0.25) is 5.91 Å². The number of hydrogen-bond acceptors (Lipinski definition) is 4. The summed E-state index contributed by atoms with van der Waals surface area (Å²) in [5, 5.41) is 5.71. The van der Waals surface area contributed by atoms with Crippen LogP contribution in [0.5, 0.6) is 0 Å². The Morgan fingerprint density at radius 1 is 1.11 bits per heavy atom. The molecule has 0 fully saturated rings. The average molecular weight is 423 g/mol. The predicted octanol–water partition coefficient (Wildman–Crippen LogP) is 4.37. The lowest BCUT2D eigenvalue weighted by atomic mass is 10.1. The first-order valence-corrected chi connectivity index (χ1v) is 11.1. The molecule has 1 unspecified atom stereocenters. The van der Waals surface area contributed by atoms with Gasteiger partial charge in [-0.3, -0.25) is 9.59 Å². The maximum atomic E-state index is 12.4. The number of hydrogen-bond donors (Lipinski definition) is 2. The van der Waals surface area contributed by atoms with Crippen LogP contribution < -0.4 is 10.6 Å². The van der Waals surface area contributed by atoms with Crippen LogP contribution in [-0.4, -0.2) is 26.5 Å². The number of benzene rings is 2. The summed E-state index contributed by atoms with van der Waals surface area (Å²) in [5.41, 5.74) is 1.09. The minimum absolute atomic E-state index is 0.0607. The van der Waals surface area contributed by atoms with Crippen LogP contribution in [0.25, 0.3) is 0 Å². The summed E-state index contributed by atoms with van der Waals surface area (Å²) in [6.45, 7) is 3.88. The molecule has 0 radical (unpaired) electrons. The number of sulfone groups is 1. The smallest absolute Gasteiger partial charge is 0.255 e. The SMILES string of the molecule is CCCC(C)C(=O)Nc1ccc(NC(=O)c2cccc(S(C)(=O)=O)c2)c(Cl)c1. The van der Waals surface area contributed by atoms with E-state index in [1.54, 1.807) is 18.2 Å². The molecule has 0 spiro atoms. The number of nitrogens with one attached hydrogen (secondary N) is 2. The number of anilines is 2. The van der Waals surface area contributed by atoms with Crippen LogP contribution in [0.1, 0.15) is 37.0 Å². The molecule has 2 amide bonds. The van der Waals surface area contributed by atoms with Crippen LogP contribution in [0, 0.1) is 5.92 Å². The highest BCUT2D eigenvalue weighted by Gasteiger charge is 2.15. The van der Waals surface area contributed by atoms with E-state index in [0.717, 1.165) is 19.1 Å². The normalized spacial score (nSPS) is 12.3. The number of carbonyl (C=O) groups is 2. The number of amides is 2. The lowest BCUT2D eigenvalue weighted by Gasteiger charge is -2.13. The van der Waals surface area contributed by atoms with Gasteiger partial charge in [-0.1, -0.05) is 37.9 Å². The maximum Gasteiger partial charge on any atom is 0.255 e. The van der Waals surface area contributed by atoms with E-state index in [9.17, 15) is 18.0 Å². The van der Waals surface area contributed by atoms with E-state index in [4.69, 9.17) is 11.6 Å². The Bertz CT molecular complexity index is 989. The van der Waals surface area contributed by atoms with Gasteiger partial charge in [0, 0.05) is 23.4 Å². The van der Waals surface area contributed by atoms with Gasteiger partial charge >= 0.3 is 0 Å². The topological polar surface area (TPSA) is 92.3 Å². The van der Waals surface area contributed by atoms with Crippen LogP contribution in [0.2, 0.25) is 5.02 Å². The van der Waals surface area contributed by atoms with Crippen molar-refractivity contribution in [1.29, 1.82) is 0 Å². The van der Waals surface area contributed by atoms with Crippen LogP contribution in [-0.2, 0) is 14.6 Å². The largest absolute Gasteiger partial charge is 0.326 e. The fraction of sp³-hybridized carbons (Fsp3) is 0.300. The second-order valence-corrected chi connectivity index (χ2v) is 9.05. The third-order valence-electron chi connectivity index (χ3n) is 4.18. The Morgan fingerprint density at radius 2 is 1.82 bits per heavy atom. The Hall–Kier alpha value is -2.38. The van der Waals surface area contributed by atoms with Crippen molar-refractivity contribution in [2.75, 3.05) is 16.9 Å². The molecule has 0 bridgehead atoms. The molecule has 0 aliphatic rings. The summed E-state index contributed by atoms with van der Waals surface area (Å²) >= 11 is 6.23. The number of rotatable bonds is 7. The van der Waals surface area contributed by atoms with Crippen LogP contribution in [0.3, 0.4) is 0 Å². The quantitative estimate of drug-likeness (QED) is 0.692. The van der Waals surface area contributed by atoms with Crippen molar-refractivity contribution in [1.82, 2.24) is 0 Å². The van der Waals surface area contributed by atoms with E-state index in [0.29, 0.717) is 11.4 Å². The van der Waals surface area contributed by atoms with Gasteiger partial charge < -0.3 is 10.6 Å². The molecule has 150 valence electrons. The molecule has 0 saturated heterocycles. The van der Waals surface area contributed by atoms with Crippen molar-refractivity contribution in [2.24, 2.45) is 5.92 Å². The predicted molar refractivity (Wildman–Crippen MR) is 112 cm³/mol. The molecule has 2 rings (SSSR count). The first-order valence-electron chi connectivity index (χ1n) is 8.83. The fourth-order valence-corrected chi connectivity index (χ4v) is 3.48. The van der Waals surface area contributed by atoms with Gasteiger partial charge in [-0.05, 0) is 42.8 Å². The van der Waals surface area contributed by atoms with E-state index in [2.05, 4.69) is 10.6 Å². The van der Waals surface area contributed by atoms with E-state index in [1.165, 1.54) is 24.3 Å². The monoisotopic (exact) mass is 422 g/mol. The molecule has 2 N–H and O–H groups in total. The first kappa shape index (κ1) is 21.9. The van der Waals surface area contributed by atoms with E-state index >= 15 is 0 Å². The van der Waals surface area contributed by atoms with Crippen molar-refractivity contribution >= 4 is 44.6 Å². The van der Waals surface area contributed by atoms with Crippen molar-refractivity contribution in [3.8, 4) is 0 Å². The van der Waals surface area contributed by atoms with Crippen LogP contribution >= 0.6 is 11.6 Å². The molecular formula is C20H23ClN2O4S. The zero-order valence-corrected chi connectivity index (χ0v) is 17.5. The van der Waals surface area contributed by atoms with E-state index in [1.807, 2.05) is 13.8 Å². The molecule has 8 heteroatoms. The molecule has 2 aromatic rings. The van der Waals surface area contributed by atoms with Gasteiger partial charge in [0.1, 0.15) is 0 Å². The van der Waals surface area contributed by atoms with E-state index < -0.39 is 15.7 Å². The average Bonchev–Trinajstić information content (AvgIpc) is 2.63. The van der Waals surface area contributed by atoms with E-state index in [-0.39, 0.29) is 27.3 Å². The van der Waals surface area contributed by atoms with Gasteiger partial charge in [0.05, 0.1) is 15.6 Å². The lowest BCUT2D eigenvalue weighted by molar-refractivity contribution is -0.119. The highest BCUT2D eigenvalue weighted by molar-refractivity contribution is 7.90. The molecule has 0 saturated carbocycles. The second kappa shape index (κ2) is 9.21. The fourth-order valence-electron chi connectivity index (χ4n) is 2.59. The molecular weight excluding hydrogens is 400 g/mol. The third kappa shape index (κ3) is 5.81. The van der Waals surface area contributed by atoms with Gasteiger partial charge in [-0.25, -0.2) is 8.42 Å². The summed E-state index contributed by atoms with van der Waals surface area (Å²) in [4.78, 5) is 24.6.